The number of hydrogen-bond donors (Lipinski definition) is 1. The first-order valence-electron chi connectivity index (χ1n) is 9.20. The molecule has 2 aromatic rings. The van der Waals surface area contributed by atoms with Gasteiger partial charge in [-0.25, -0.2) is 9.18 Å². The number of ether oxygens (including phenoxy) is 1. The third-order valence-corrected chi connectivity index (χ3v) is 4.57. The second-order valence-corrected chi connectivity index (χ2v) is 7.92. The zero-order valence-corrected chi connectivity index (χ0v) is 16.0. The molecule has 1 aromatic heterocycles. The number of carbonyl (C=O) groups is 1. The number of halogens is 1. The van der Waals surface area contributed by atoms with Gasteiger partial charge in [0.15, 0.2) is 0 Å². The zero-order valence-electron chi connectivity index (χ0n) is 16.0. The van der Waals surface area contributed by atoms with Gasteiger partial charge < -0.3 is 15.4 Å². The lowest BCUT2D eigenvalue weighted by atomic mass is 10.0. The van der Waals surface area contributed by atoms with Crippen molar-refractivity contribution in [3.05, 3.63) is 54.0 Å². The van der Waals surface area contributed by atoms with E-state index in [0.717, 1.165) is 17.7 Å². The molecule has 144 valence electrons. The van der Waals surface area contributed by atoms with Gasteiger partial charge in [-0.15, -0.1) is 0 Å². The molecule has 2 heterocycles. The second-order valence-electron chi connectivity index (χ2n) is 7.92. The molecular formula is C21H26FN3O2. The first kappa shape index (κ1) is 19.3. The zero-order chi connectivity index (χ0) is 19.6. The number of hydrogen-bond acceptors (Lipinski definition) is 4. The third kappa shape index (κ3) is 4.83. The SMILES string of the molecule is CC(C)(C)OC(=O)N1CC[C@H](N)[C@@H]1Cc1cccc(-c2cccc(F)c2)n1. The fourth-order valence-electron chi connectivity index (χ4n) is 3.30. The number of aromatic nitrogens is 1. The molecule has 0 radical (unpaired) electrons. The summed E-state index contributed by atoms with van der Waals surface area (Å²) >= 11 is 0. The summed E-state index contributed by atoms with van der Waals surface area (Å²) in [7, 11) is 0. The molecule has 2 N–H and O–H groups in total. The van der Waals surface area contributed by atoms with Gasteiger partial charge in [0.05, 0.1) is 11.7 Å². The van der Waals surface area contributed by atoms with Crippen molar-refractivity contribution in [3.8, 4) is 11.3 Å². The molecule has 1 aromatic carbocycles. The largest absolute Gasteiger partial charge is 0.444 e. The molecule has 1 aliphatic heterocycles. The van der Waals surface area contributed by atoms with Crippen molar-refractivity contribution in [2.45, 2.75) is 51.3 Å². The Morgan fingerprint density at radius 1 is 1.30 bits per heavy atom. The standard InChI is InChI=1S/C21H26FN3O2/c1-21(2,3)27-20(26)25-11-10-17(23)19(25)13-16-8-5-9-18(24-16)14-6-4-7-15(22)12-14/h4-9,12,17,19H,10-11,13,23H2,1-3H3/t17-,19-/m0/s1. The Labute approximate surface area is 159 Å². The van der Waals surface area contributed by atoms with Gasteiger partial charge in [-0.2, -0.15) is 0 Å². The van der Waals surface area contributed by atoms with E-state index in [4.69, 9.17) is 10.5 Å². The fraction of sp³-hybridized carbons (Fsp3) is 0.429. The van der Waals surface area contributed by atoms with E-state index in [1.165, 1.54) is 12.1 Å². The van der Waals surface area contributed by atoms with Crippen molar-refractivity contribution in [2.75, 3.05) is 6.54 Å². The molecule has 0 spiro atoms. The number of amides is 1. The summed E-state index contributed by atoms with van der Waals surface area (Å²) in [5.41, 5.74) is 7.94. The smallest absolute Gasteiger partial charge is 0.410 e. The molecule has 0 bridgehead atoms. The van der Waals surface area contributed by atoms with Gasteiger partial charge in [-0.3, -0.25) is 4.98 Å². The van der Waals surface area contributed by atoms with E-state index in [-0.39, 0.29) is 24.0 Å². The topological polar surface area (TPSA) is 68.5 Å². The fourth-order valence-corrected chi connectivity index (χ4v) is 3.30. The lowest BCUT2D eigenvalue weighted by molar-refractivity contribution is 0.0220. The minimum atomic E-state index is -0.552. The van der Waals surface area contributed by atoms with Crippen LogP contribution in [0.1, 0.15) is 32.9 Å². The number of pyridine rings is 1. The monoisotopic (exact) mass is 371 g/mol. The first-order valence-corrected chi connectivity index (χ1v) is 9.20. The summed E-state index contributed by atoms with van der Waals surface area (Å²) in [6.45, 7) is 6.12. The van der Waals surface area contributed by atoms with Gasteiger partial charge in [0.25, 0.3) is 0 Å². The van der Waals surface area contributed by atoms with E-state index in [1.54, 1.807) is 11.0 Å². The van der Waals surface area contributed by atoms with Crippen LogP contribution in [-0.4, -0.2) is 40.2 Å². The quantitative estimate of drug-likeness (QED) is 0.892. The molecule has 0 saturated carbocycles. The van der Waals surface area contributed by atoms with E-state index in [1.807, 2.05) is 45.0 Å². The van der Waals surface area contributed by atoms with E-state index in [9.17, 15) is 9.18 Å². The molecule has 2 atom stereocenters. The van der Waals surface area contributed by atoms with Crippen molar-refractivity contribution in [1.29, 1.82) is 0 Å². The Balaban J connectivity index is 1.79. The summed E-state index contributed by atoms with van der Waals surface area (Å²) in [4.78, 5) is 18.9. The van der Waals surface area contributed by atoms with Gasteiger partial charge in [0.2, 0.25) is 0 Å². The normalized spacial score (nSPS) is 20.0. The molecule has 1 amide bonds. The van der Waals surface area contributed by atoms with Crippen molar-refractivity contribution < 1.29 is 13.9 Å². The number of nitrogens with zero attached hydrogens (tertiary/aromatic N) is 2. The van der Waals surface area contributed by atoms with Crippen LogP contribution in [0.5, 0.6) is 0 Å². The van der Waals surface area contributed by atoms with Crippen LogP contribution >= 0.6 is 0 Å². The highest BCUT2D eigenvalue weighted by atomic mass is 19.1. The van der Waals surface area contributed by atoms with Crippen LogP contribution in [0.25, 0.3) is 11.3 Å². The maximum absolute atomic E-state index is 13.5. The molecule has 1 aliphatic rings. The van der Waals surface area contributed by atoms with E-state index in [2.05, 4.69) is 4.98 Å². The Bertz CT molecular complexity index is 819. The minimum Gasteiger partial charge on any atom is -0.444 e. The van der Waals surface area contributed by atoms with E-state index >= 15 is 0 Å². The molecule has 0 unspecified atom stereocenters. The second kappa shape index (κ2) is 7.64. The van der Waals surface area contributed by atoms with Gasteiger partial charge in [-0.05, 0) is 51.5 Å². The lowest BCUT2D eigenvalue weighted by Gasteiger charge is -2.29. The molecule has 0 aliphatic carbocycles. The predicted molar refractivity (Wildman–Crippen MR) is 103 cm³/mol. The third-order valence-electron chi connectivity index (χ3n) is 4.57. The molecule has 3 rings (SSSR count). The molecule has 5 nitrogen and oxygen atoms in total. The number of likely N-dealkylation sites (tertiary alicyclic amines) is 1. The average Bonchev–Trinajstić information content (AvgIpc) is 2.95. The summed E-state index contributed by atoms with van der Waals surface area (Å²) in [5, 5.41) is 0. The van der Waals surface area contributed by atoms with Crippen molar-refractivity contribution >= 4 is 6.09 Å². The highest BCUT2D eigenvalue weighted by molar-refractivity contribution is 5.69. The van der Waals surface area contributed by atoms with Crippen LogP contribution in [0.4, 0.5) is 9.18 Å². The summed E-state index contributed by atoms with van der Waals surface area (Å²) < 4.78 is 19.0. The van der Waals surface area contributed by atoms with Crippen LogP contribution in [-0.2, 0) is 11.2 Å². The van der Waals surface area contributed by atoms with Gasteiger partial charge in [0.1, 0.15) is 11.4 Å². The van der Waals surface area contributed by atoms with E-state index in [0.29, 0.717) is 18.7 Å². The Morgan fingerprint density at radius 3 is 2.74 bits per heavy atom. The number of carbonyl (C=O) groups excluding carboxylic acids is 1. The van der Waals surface area contributed by atoms with Crippen LogP contribution in [0.3, 0.4) is 0 Å². The van der Waals surface area contributed by atoms with Crippen LogP contribution < -0.4 is 5.73 Å². The van der Waals surface area contributed by atoms with Crippen LogP contribution in [0.15, 0.2) is 42.5 Å². The van der Waals surface area contributed by atoms with Crippen molar-refractivity contribution in [1.82, 2.24) is 9.88 Å². The summed E-state index contributed by atoms with van der Waals surface area (Å²) in [6.07, 6.45) is 0.915. The molecule has 1 saturated heterocycles. The number of benzene rings is 1. The highest BCUT2D eigenvalue weighted by Gasteiger charge is 2.37. The number of rotatable bonds is 3. The van der Waals surface area contributed by atoms with Gasteiger partial charge >= 0.3 is 6.09 Å². The highest BCUT2D eigenvalue weighted by Crippen LogP contribution is 2.24. The Morgan fingerprint density at radius 2 is 2.04 bits per heavy atom. The van der Waals surface area contributed by atoms with E-state index < -0.39 is 5.60 Å². The van der Waals surface area contributed by atoms with Gasteiger partial charge in [-0.1, -0.05) is 18.2 Å². The van der Waals surface area contributed by atoms with Crippen molar-refractivity contribution in [2.24, 2.45) is 5.73 Å². The van der Waals surface area contributed by atoms with Crippen molar-refractivity contribution in [3.63, 3.8) is 0 Å². The molecule has 1 fully saturated rings. The minimum absolute atomic E-state index is 0.128. The Kier molecular flexibility index (Phi) is 5.46. The van der Waals surface area contributed by atoms with Crippen LogP contribution in [0.2, 0.25) is 0 Å². The summed E-state index contributed by atoms with van der Waals surface area (Å²) in [5.74, 6) is -0.298. The molecule has 6 heteroatoms. The van der Waals surface area contributed by atoms with Crippen LogP contribution in [0, 0.1) is 5.82 Å². The van der Waals surface area contributed by atoms with Gasteiger partial charge in [0, 0.05) is 30.3 Å². The number of nitrogens with two attached hydrogens (primary N) is 1. The predicted octanol–water partition coefficient (Wildman–Crippen LogP) is 3.77. The molecule has 27 heavy (non-hydrogen) atoms. The Hall–Kier alpha value is -2.47. The average molecular weight is 371 g/mol. The lowest BCUT2D eigenvalue weighted by Crippen LogP contribution is -2.46. The first-order chi connectivity index (χ1) is 12.7. The molecular weight excluding hydrogens is 345 g/mol. The maximum Gasteiger partial charge on any atom is 0.410 e. The maximum atomic E-state index is 13.5. The summed E-state index contributed by atoms with van der Waals surface area (Å²) in [6, 6.07) is 11.7.